The van der Waals surface area contributed by atoms with E-state index >= 15 is 0 Å². The molecule has 2 rings (SSSR count). The van der Waals surface area contributed by atoms with Gasteiger partial charge in [0.15, 0.2) is 0 Å². The molecule has 0 aliphatic heterocycles. The van der Waals surface area contributed by atoms with Crippen LogP contribution >= 0.6 is 23.2 Å². The standard InChI is InChI=1S/C17H15Cl2NO2/c1-22-15-4-2-3-12(9-15)5-8-17(21)20-11-13-6-7-14(18)10-16(13)19/h2-10H,11H2,1H3,(H,20,21)/b8-5+. The Kier molecular flexibility index (Phi) is 5.87. The number of hydrogen-bond donors (Lipinski definition) is 1. The van der Waals surface area contributed by atoms with Crippen LogP contribution in [0.4, 0.5) is 0 Å². The van der Waals surface area contributed by atoms with Crippen LogP contribution in [0.15, 0.2) is 48.5 Å². The van der Waals surface area contributed by atoms with E-state index in [1.54, 1.807) is 31.4 Å². The second-order valence-corrected chi connectivity index (χ2v) is 5.41. The lowest BCUT2D eigenvalue weighted by Crippen LogP contribution is -2.20. The Morgan fingerprint density at radius 2 is 2.05 bits per heavy atom. The average Bonchev–Trinajstić information content (AvgIpc) is 2.52. The van der Waals surface area contributed by atoms with Crippen molar-refractivity contribution >= 4 is 35.2 Å². The molecule has 5 heteroatoms. The van der Waals surface area contributed by atoms with Crippen molar-refractivity contribution in [3.63, 3.8) is 0 Å². The maximum atomic E-state index is 11.8. The Balaban J connectivity index is 1.93. The van der Waals surface area contributed by atoms with Crippen molar-refractivity contribution in [3.8, 4) is 5.75 Å². The lowest BCUT2D eigenvalue weighted by atomic mass is 10.2. The second-order valence-electron chi connectivity index (χ2n) is 4.56. The molecule has 2 aromatic rings. The molecule has 0 saturated carbocycles. The van der Waals surface area contributed by atoms with Gasteiger partial charge in [0.1, 0.15) is 5.75 Å². The fraction of sp³-hybridized carbons (Fsp3) is 0.118. The van der Waals surface area contributed by atoms with Crippen LogP contribution in [-0.2, 0) is 11.3 Å². The largest absolute Gasteiger partial charge is 0.497 e. The predicted molar refractivity (Wildman–Crippen MR) is 90.3 cm³/mol. The van der Waals surface area contributed by atoms with Crippen LogP contribution in [-0.4, -0.2) is 13.0 Å². The highest BCUT2D eigenvalue weighted by atomic mass is 35.5. The van der Waals surface area contributed by atoms with E-state index in [0.717, 1.165) is 16.9 Å². The van der Waals surface area contributed by atoms with Crippen LogP contribution in [0.3, 0.4) is 0 Å². The summed E-state index contributed by atoms with van der Waals surface area (Å²) in [5, 5.41) is 3.87. The van der Waals surface area contributed by atoms with Crippen LogP contribution in [0.2, 0.25) is 10.0 Å². The quantitative estimate of drug-likeness (QED) is 0.826. The number of methoxy groups -OCH3 is 1. The molecular formula is C17H15Cl2NO2. The number of rotatable bonds is 5. The predicted octanol–water partition coefficient (Wildman–Crippen LogP) is 4.33. The third-order valence-corrected chi connectivity index (χ3v) is 3.58. The van der Waals surface area contributed by atoms with Crippen LogP contribution in [0.5, 0.6) is 5.75 Å². The molecule has 114 valence electrons. The van der Waals surface area contributed by atoms with Crippen molar-refractivity contribution in [3.05, 3.63) is 69.7 Å². The van der Waals surface area contributed by atoms with Gasteiger partial charge in [-0.1, -0.05) is 41.4 Å². The van der Waals surface area contributed by atoms with Crippen molar-refractivity contribution in [2.75, 3.05) is 7.11 Å². The normalized spacial score (nSPS) is 10.7. The first-order valence-corrected chi connectivity index (χ1v) is 7.38. The van der Waals surface area contributed by atoms with E-state index in [0.29, 0.717) is 16.6 Å². The summed E-state index contributed by atoms with van der Waals surface area (Å²) in [6, 6.07) is 12.6. The van der Waals surface area contributed by atoms with Crippen LogP contribution in [0, 0.1) is 0 Å². The zero-order chi connectivity index (χ0) is 15.9. The first-order chi connectivity index (χ1) is 10.6. The molecule has 0 aliphatic rings. The fourth-order valence-corrected chi connectivity index (χ4v) is 2.30. The Bertz CT molecular complexity index is 699. The maximum absolute atomic E-state index is 11.8. The molecule has 0 saturated heterocycles. The summed E-state index contributed by atoms with van der Waals surface area (Å²) in [5.41, 5.74) is 1.70. The summed E-state index contributed by atoms with van der Waals surface area (Å²) in [4.78, 5) is 11.8. The number of hydrogen-bond acceptors (Lipinski definition) is 2. The Hall–Kier alpha value is -1.97. The third-order valence-electron chi connectivity index (χ3n) is 2.99. The van der Waals surface area contributed by atoms with Gasteiger partial charge in [-0.15, -0.1) is 0 Å². The summed E-state index contributed by atoms with van der Waals surface area (Å²) < 4.78 is 5.13. The number of ether oxygens (including phenoxy) is 1. The molecule has 2 aromatic carbocycles. The fourth-order valence-electron chi connectivity index (χ4n) is 1.82. The van der Waals surface area contributed by atoms with Crippen molar-refractivity contribution in [2.45, 2.75) is 6.54 Å². The average molecular weight is 336 g/mol. The van der Waals surface area contributed by atoms with Gasteiger partial charge < -0.3 is 10.1 Å². The Morgan fingerprint density at radius 3 is 2.77 bits per heavy atom. The SMILES string of the molecule is COc1cccc(/C=C/C(=O)NCc2ccc(Cl)cc2Cl)c1. The van der Waals surface area contributed by atoms with E-state index in [1.165, 1.54) is 6.08 Å². The highest BCUT2D eigenvalue weighted by molar-refractivity contribution is 6.35. The molecule has 0 atom stereocenters. The number of nitrogens with one attached hydrogen (secondary N) is 1. The van der Waals surface area contributed by atoms with Gasteiger partial charge in [0.25, 0.3) is 0 Å². The topological polar surface area (TPSA) is 38.3 Å². The van der Waals surface area contributed by atoms with Gasteiger partial charge in [-0.05, 0) is 41.5 Å². The number of carbonyl (C=O) groups is 1. The molecule has 0 aliphatic carbocycles. The summed E-state index contributed by atoms with van der Waals surface area (Å²) in [6.45, 7) is 0.345. The molecule has 0 bridgehead atoms. The first-order valence-electron chi connectivity index (χ1n) is 6.62. The number of benzene rings is 2. The zero-order valence-electron chi connectivity index (χ0n) is 12.0. The molecule has 0 spiro atoms. The summed E-state index contributed by atoms with van der Waals surface area (Å²) in [6.07, 6.45) is 3.19. The molecule has 1 amide bonds. The van der Waals surface area contributed by atoms with E-state index in [-0.39, 0.29) is 5.91 Å². The van der Waals surface area contributed by atoms with Crippen molar-refractivity contribution in [2.24, 2.45) is 0 Å². The minimum atomic E-state index is -0.200. The smallest absolute Gasteiger partial charge is 0.244 e. The van der Waals surface area contributed by atoms with E-state index in [2.05, 4.69) is 5.32 Å². The van der Waals surface area contributed by atoms with Gasteiger partial charge in [-0.2, -0.15) is 0 Å². The molecule has 1 N–H and O–H groups in total. The van der Waals surface area contributed by atoms with E-state index < -0.39 is 0 Å². The summed E-state index contributed by atoms with van der Waals surface area (Å²) in [5.74, 6) is 0.546. The molecule has 0 radical (unpaired) electrons. The maximum Gasteiger partial charge on any atom is 0.244 e. The van der Waals surface area contributed by atoms with Crippen molar-refractivity contribution in [1.82, 2.24) is 5.32 Å². The molecule has 0 unspecified atom stereocenters. The number of carbonyl (C=O) groups excluding carboxylic acids is 1. The molecule has 0 heterocycles. The van der Waals surface area contributed by atoms with Crippen molar-refractivity contribution in [1.29, 1.82) is 0 Å². The minimum absolute atomic E-state index is 0.200. The highest BCUT2D eigenvalue weighted by Gasteiger charge is 2.02. The lowest BCUT2D eigenvalue weighted by molar-refractivity contribution is -0.116. The van der Waals surface area contributed by atoms with Crippen LogP contribution < -0.4 is 10.1 Å². The molecule has 0 aromatic heterocycles. The molecular weight excluding hydrogens is 321 g/mol. The Morgan fingerprint density at radius 1 is 1.23 bits per heavy atom. The molecule has 22 heavy (non-hydrogen) atoms. The summed E-state index contributed by atoms with van der Waals surface area (Å²) in [7, 11) is 1.60. The van der Waals surface area contributed by atoms with Crippen LogP contribution in [0.1, 0.15) is 11.1 Å². The first kappa shape index (κ1) is 16.4. The van der Waals surface area contributed by atoms with Gasteiger partial charge in [0, 0.05) is 22.7 Å². The van der Waals surface area contributed by atoms with E-state index in [4.69, 9.17) is 27.9 Å². The molecule has 3 nitrogen and oxygen atoms in total. The van der Waals surface area contributed by atoms with Crippen LogP contribution in [0.25, 0.3) is 6.08 Å². The van der Waals surface area contributed by atoms with E-state index in [1.807, 2.05) is 24.3 Å². The highest BCUT2D eigenvalue weighted by Crippen LogP contribution is 2.20. The van der Waals surface area contributed by atoms with Gasteiger partial charge >= 0.3 is 0 Å². The second kappa shape index (κ2) is 7.87. The molecule has 0 fully saturated rings. The van der Waals surface area contributed by atoms with Gasteiger partial charge in [0.05, 0.1) is 7.11 Å². The van der Waals surface area contributed by atoms with E-state index in [9.17, 15) is 4.79 Å². The van der Waals surface area contributed by atoms with Gasteiger partial charge in [0.2, 0.25) is 5.91 Å². The lowest BCUT2D eigenvalue weighted by Gasteiger charge is -2.05. The zero-order valence-corrected chi connectivity index (χ0v) is 13.5. The van der Waals surface area contributed by atoms with Crippen molar-refractivity contribution < 1.29 is 9.53 Å². The number of amides is 1. The van der Waals surface area contributed by atoms with Gasteiger partial charge in [-0.25, -0.2) is 0 Å². The Labute approximate surface area is 139 Å². The summed E-state index contributed by atoms with van der Waals surface area (Å²) >= 11 is 11.9. The minimum Gasteiger partial charge on any atom is -0.497 e. The third kappa shape index (κ3) is 4.79. The number of halogens is 2. The monoisotopic (exact) mass is 335 g/mol. The van der Waals surface area contributed by atoms with Gasteiger partial charge in [-0.3, -0.25) is 4.79 Å².